The van der Waals surface area contributed by atoms with Crippen LogP contribution in [0.2, 0.25) is 0 Å². The molecule has 1 aromatic rings. The maximum Gasteiger partial charge on any atom is 0.243 e. The molecule has 2 saturated heterocycles. The van der Waals surface area contributed by atoms with Crippen LogP contribution >= 0.6 is 0 Å². The lowest BCUT2D eigenvalue weighted by Crippen LogP contribution is -2.44. The minimum Gasteiger partial charge on any atom is -0.383 e. The van der Waals surface area contributed by atoms with E-state index < -0.39 is 15.8 Å². The molecule has 3 rings (SSSR count). The van der Waals surface area contributed by atoms with E-state index in [1.54, 1.807) is 7.11 Å². The first-order valence-corrected chi connectivity index (χ1v) is 10.6. The zero-order chi connectivity index (χ0) is 19.4. The highest BCUT2D eigenvalue weighted by atomic mass is 32.2. The number of nitrogens with zero attached hydrogens (tertiary/aromatic N) is 3. The van der Waals surface area contributed by atoms with E-state index in [1.807, 2.05) is 4.90 Å². The number of rotatable bonds is 6. The number of likely N-dealkylation sites (tertiary alicyclic amines) is 1. The molecule has 7 nitrogen and oxygen atoms in total. The van der Waals surface area contributed by atoms with Gasteiger partial charge < -0.3 is 9.64 Å². The van der Waals surface area contributed by atoms with Crippen molar-refractivity contribution in [2.75, 3.05) is 53.0 Å². The molecule has 9 heteroatoms. The number of benzene rings is 1. The van der Waals surface area contributed by atoms with Gasteiger partial charge in [-0.3, -0.25) is 9.69 Å². The Morgan fingerprint density at radius 1 is 1.11 bits per heavy atom. The summed E-state index contributed by atoms with van der Waals surface area (Å²) in [5, 5.41) is 0. The number of hydrogen-bond acceptors (Lipinski definition) is 5. The minimum absolute atomic E-state index is 0.0973. The van der Waals surface area contributed by atoms with Gasteiger partial charge in [0.15, 0.2) is 0 Å². The van der Waals surface area contributed by atoms with E-state index >= 15 is 0 Å². The summed E-state index contributed by atoms with van der Waals surface area (Å²) in [6, 6.07) is 4.71. The van der Waals surface area contributed by atoms with Gasteiger partial charge in [-0.1, -0.05) is 0 Å². The Morgan fingerprint density at radius 3 is 2.56 bits per heavy atom. The molecule has 27 heavy (non-hydrogen) atoms. The standard InChI is InChI=1S/C18H26FN3O4S/c1-26-14-13-21-10-7-17(18(21)23)20-8-2-9-22(12-11-20)27(24,25)16-5-3-15(19)4-6-16/h3-6,17H,2,7-14H2,1H3/t17-/m1/s1. The average molecular weight is 399 g/mol. The van der Waals surface area contributed by atoms with E-state index in [4.69, 9.17) is 4.74 Å². The molecule has 2 fully saturated rings. The van der Waals surface area contributed by atoms with Crippen LogP contribution in [0.4, 0.5) is 4.39 Å². The third-order valence-electron chi connectivity index (χ3n) is 5.22. The molecule has 2 heterocycles. The summed E-state index contributed by atoms with van der Waals surface area (Å²) in [4.78, 5) is 16.6. The van der Waals surface area contributed by atoms with Crippen molar-refractivity contribution in [2.24, 2.45) is 0 Å². The summed E-state index contributed by atoms with van der Waals surface area (Å²) in [5.41, 5.74) is 0. The van der Waals surface area contributed by atoms with Gasteiger partial charge >= 0.3 is 0 Å². The van der Waals surface area contributed by atoms with E-state index in [9.17, 15) is 17.6 Å². The summed E-state index contributed by atoms with van der Waals surface area (Å²) >= 11 is 0. The number of methoxy groups -OCH3 is 1. The zero-order valence-electron chi connectivity index (χ0n) is 15.5. The summed E-state index contributed by atoms with van der Waals surface area (Å²) in [6.45, 7) is 3.72. The van der Waals surface area contributed by atoms with Crippen molar-refractivity contribution < 1.29 is 22.3 Å². The Hall–Kier alpha value is -1.55. The van der Waals surface area contributed by atoms with Crippen molar-refractivity contribution in [3.05, 3.63) is 30.1 Å². The molecule has 0 aromatic heterocycles. The first kappa shape index (κ1) is 20.2. The van der Waals surface area contributed by atoms with Crippen molar-refractivity contribution in [1.29, 1.82) is 0 Å². The first-order chi connectivity index (χ1) is 12.9. The lowest BCUT2D eigenvalue weighted by molar-refractivity contribution is -0.132. The number of hydrogen-bond donors (Lipinski definition) is 0. The maximum atomic E-state index is 13.1. The fourth-order valence-corrected chi connectivity index (χ4v) is 5.18. The van der Waals surface area contributed by atoms with Gasteiger partial charge in [-0.15, -0.1) is 0 Å². The Balaban J connectivity index is 1.64. The van der Waals surface area contributed by atoms with Crippen molar-refractivity contribution in [1.82, 2.24) is 14.1 Å². The second kappa shape index (κ2) is 8.64. The van der Waals surface area contributed by atoms with Crippen LogP contribution in [0.15, 0.2) is 29.2 Å². The number of halogens is 1. The predicted molar refractivity (Wildman–Crippen MR) is 98.2 cm³/mol. The third kappa shape index (κ3) is 4.48. The average Bonchev–Trinajstić information content (AvgIpc) is 2.85. The highest BCUT2D eigenvalue weighted by Crippen LogP contribution is 2.22. The number of sulfonamides is 1. The molecule has 2 aliphatic heterocycles. The Kier molecular flexibility index (Phi) is 6.46. The number of amides is 1. The fraction of sp³-hybridized carbons (Fsp3) is 0.611. The summed E-state index contributed by atoms with van der Waals surface area (Å²) in [6.07, 6.45) is 1.41. The van der Waals surface area contributed by atoms with E-state index in [0.717, 1.165) is 18.6 Å². The minimum atomic E-state index is -3.66. The molecule has 1 aromatic carbocycles. The van der Waals surface area contributed by atoms with Crippen molar-refractivity contribution in [3.63, 3.8) is 0 Å². The normalized spacial score (nSPS) is 23.0. The van der Waals surface area contributed by atoms with Gasteiger partial charge in [0.1, 0.15) is 5.82 Å². The molecule has 0 N–H and O–H groups in total. The lowest BCUT2D eigenvalue weighted by Gasteiger charge is -2.26. The monoisotopic (exact) mass is 399 g/mol. The van der Waals surface area contributed by atoms with Crippen molar-refractivity contribution in [3.8, 4) is 0 Å². The summed E-state index contributed by atoms with van der Waals surface area (Å²) in [7, 11) is -2.04. The van der Waals surface area contributed by atoms with Gasteiger partial charge in [0, 0.05) is 46.4 Å². The fourth-order valence-electron chi connectivity index (χ4n) is 3.71. The largest absolute Gasteiger partial charge is 0.383 e. The van der Waals surface area contributed by atoms with Gasteiger partial charge in [-0.2, -0.15) is 4.31 Å². The Morgan fingerprint density at radius 2 is 1.85 bits per heavy atom. The highest BCUT2D eigenvalue weighted by molar-refractivity contribution is 7.89. The quantitative estimate of drug-likeness (QED) is 0.707. The Bertz CT molecular complexity index is 756. The van der Waals surface area contributed by atoms with E-state index in [-0.39, 0.29) is 16.8 Å². The molecule has 0 unspecified atom stereocenters. The highest BCUT2D eigenvalue weighted by Gasteiger charge is 2.37. The van der Waals surface area contributed by atoms with Gasteiger partial charge in [-0.05, 0) is 37.1 Å². The number of carbonyl (C=O) groups excluding carboxylic acids is 1. The van der Waals surface area contributed by atoms with Crippen molar-refractivity contribution >= 4 is 15.9 Å². The van der Waals surface area contributed by atoms with Crippen molar-refractivity contribution in [2.45, 2.75) is 23.8 Å². The molecule has 150 valence electrons. The van der Waals surface area contributed by atoms with Gasteiger partial charge in [-0.25, -0.2) is 12.8 Å². The molecule has 0 radical (unpaired) electrons. The summed E-state index contributed by atoms with van der Waals surface area (Å²) < 4.78 is 45.2. The van der Waals surface area contributed by atoms with Crippen LogP contribution in [0.25, 0.3) is 0 Å². The van der Waals surface area contributed by atoms with E-state index in [0.29, 0.717) is 52.3 Å². The van der Waals surface area contributed by atoms with Gasteiger partial charge in [0.2, 0.25) is 15.9 Å². The molecule has 0 aliphatic carbocycles. The maximum absolute atomic E-state index is 13.1. The molecule has 0 bridgehead atoms. The molecule has 2 aliphatic rings. The van der Waals surface area contributed by atoms with E-state index in [2.05, 4.69) is 4.90 Å². The Labute approximate surface area is 159 Å². The van der Waals surface area contributed by atoms with Gasteiger partial charge in [0.05, 0.1) is 17.5 Å². The van der Waals surface area contributed by atoms with Crippen LogP contribution in [0.3, 0.4) is 0 Å². The SMILES string of the molecule is COCCN1CC[C@@H](N2CCCN(S(=O)(=O)c3ccc(F)cc3)CC2)C1=O. The lowest BCUT2D eigenvalue weighted by atomic mass is 10.2. The number of carbonyl (C=O) groups is 1. The molecule has 0 saturated carbocycles. The number of ether oxygens (including phenoxy) is 1. The molecular weight excluding hydrogens is 373 g/mol. The van der Waals surface area contributed by atoms with Crippen LogP contribution in [0.5, 0.6) is 0 Å². The second-order valence-electron chi connectivity index (χ2n) is 6.87. The zero-order valence-corrected chi connectivity index (χ0v) is 16.3. The molecule has 1 amide bonds. The van der Waals surface area contributed by atoms with Gasteiger partial charge in [0.25, 0.3) is 0 Å². The summed E-state index contributed by atoms with van der Waals surface area (Å²) in [5.74, 6) is -0.365. The topological polar surface area (TPSA) is 70.2 Å². The molecule has 0 spiro atoms. The smallest absolute Gasteiger partial charge is 0.243 e. The second-order valence-corrected chi connectivity index (χ2v) is 8.81. The van der Waals surface area contributed by atoms with E-state index in [1.165, 1.54) is 16.4 Å². The third-order valence-corrected chi connectivity index (χ3v) is 7.13. The van der Waals surface area contributed by atoms with Crippen LogP contribution in [0.1, 0.15) is 12.8 Å². The van der Waals surface area contributed by atoms with Crippen LogP contribution in [0, 0.1) is 5.82 Å². The van der Waals surface area contributed by atoms with Crippen LogP contribution in [-0.4, -0.2) is 87.5 Å². The van der Waals surface area contributed by atoms with Crippen LogP contribution < -0.4 is 0 Å². The first-order valence-electron chi connectivity index (χ1n) is 9.21. The van der Waals surface area contributed by atoms with Crippen LogP contribution in [-0.2, 0) is 19.6 Å². The molecule has 1 atom stereocenters. The molecular formula is C18H26FN3O4S. The predicted octanol–water partition coefficient (Wildman–Crippen LogP) is 0.769.